The van der Waals surface area contributed by atoms with Gasteiger partial charge in [0.15, 0.2) is 11.0 Å². The van der Waals surface area contributed by atoms with Gasteiger partial charge in [0.05, 0.1) is 12.2 Å². The summed E-state index contributed by atoms with van der Waals surface area (Å²) in [4.78, 5) is 12.2. The fraction of sp³-hybridized carbons (Fsp3) is 0.348. The Morgan fingerprint density at radius 3 is 2.63 bits per heavy atom. The zero-order valence-electron chi connectivity index (χ0n) is 17.8. The Hall–Kier alpha value is -2.31. The van der Waals surface area contributed by atoms with E-state index in [1.807, 2.05) is 55.7 Å². The van der Waals surface area contributed by atoms with Gasteiger partial charge in [-0.05, 0) is 48.6 Å². The van der Waals surface area contributed by atoms with Crippen LogP contribution in [0.2, 0.25) is 5.02 Å². The monoisotopic (exact) mass is 442 g/mol. The van der Waals surface area contributed by atoms with Crippen LogP contribution in [0.5, 0.6) is 0 Å². The van der Waals surface area contributed by atoms with Gasteiger partial charge in [-0.3, -0.25) is 9.36 Å². The van der Waals surface area contributed by atoms with Crippen LogP contribution in [-0.4, -0.2) is 20.7 Å². The lowest BCUT2D eigenvalue weighted by atomic mass is 10.1. The van der Waals surface area contributed by atoms with E-state index < -0.39 is 0 Å². The van der Waals surface area contributed by atoms with Crippen molar-refractivity contribution in [3.05, 3.63) is 70.0 Å². The number of hydrogen-bond acceptors (Lipinski definition) is 4. The van der Waals surface area contributed by atoms with Crippen molar-refractivity contribution in [3.63, 3.8) is 0 Å². The van der Waals surface area contributed by atoms with Crippen molar-refractivity contribution in [3.8, 4) is 5.69 Å². The predicted octanol–water partition coefficient (Wildman–Crippen LogP) is 5.49. The van der Waals surface area contributed by atoms with Crippen LogP contribution in [-0.2, 0) is 17.1 Å². The predicted molar refractivity (Wildman–Crippen MR) is 123 cm³/mol. The summed E-state index contributed by atoms with van der Waals surface area (Å²) in [5.41, 5.74) is 4.49. The van der Waals surface area contributed by atoms with Gasteiger partial charge in [0, 0.05) is 17.2 Å². The molecule has 5 nitrogen and oxygen atoms in total. The molecule has 0 saturated carbocycles. The molecule has 0 radical (unpaired) electrons. The van der Waals surface area contributed by atoms with E-state index in [-0.39, 0.29) is 5.91 Å². The van der Waals surface area contributed by atoms with E-state index in [2.05, 4.69) is 34.6 Å². The largest absolute Gasteiger partial charge is 0.349 e. The molecule has 0 bridgehead atoms. The number of hydrogen-bond donors (Lipinski definition) is 1. The molecule has 2 aromatic carbocycles. The van der Waals surface area contributed by atoms with E-state index in [1.165, 1.54) is 11.1 Å². The molecule has 0 unspecified atom stereocenters. The molecule has 1 amide bonds. The average molecular weight is 443 g/mol. The Kier molecular flexibility index (Phi) is 7.56. The first kappa shape index (κ1) is 22.4. The SMILES string of the molecule is Cc1ccccc1CSc1nnc(CNC(=O)CC(C)C)n1-c1cc(Cl)ccc1C. The third-order valence-electron chi connectivity index (χ3n) is 4.77. The smallest absolute Gasteiger partial charge is 0.220 e. The summed E-state index contributed by atoms with van der Waals surface area (Å²) in [7, 11) is 0. The van der Waals surface area contributed by atoms with Crippen molar-refractivity contribution < 1.29 is 4.79 Å². The van der Waals surface area contributed by atoms with Gasteiger partial charge in [-0.25, -0.2) is 0 Å². The van der Waals surface area contributed by atoms with Crippen molar-refractivity contribution in [2.24, 2.45) is 5.92 Å². The Morgan fingerprint density at radius 1 is 1.13 bits per heavy atom. The normalized spacial score (nSPS) is 11.1. The molecule has 0 aliphatic carbocycles. The molecule has 7 heteroatoms. The minimum atomic E-state index is 0.0106. The van der Waals surface area contributed by atoms with Crippen LogP contribution in [0.4, 0.5) is 0 Å². The first-order valence-electron chi connectivity index (χ1n) is 10.00. The van der Waals surface area contributed by atoms with Gasteiger partial charge in [-0.1, -0.05) is 67.5 Å². The van der Waals surface area contributed by atoms with E-state index in [0.717, 1.165) is 22.2 Å². The lowest BCUT2D eigenvalue weighted by molar-refractivity contribution is -0.122. The molecule has 1 aromatic heterocycles. The number of aryl methyl sites for hydroxylation is 2. The number of aromatic nitrogens is 3. The van der Waals surface area contributed by atoms with E-state index >= 15 is 0 Å². The molecule has 3 rings (SSSR count). The fourth-order valence-electron chi connectivity index (χ4n) is 3.11. The highest BCUT2D eigenvalue weighted by molar-refractivity contribution is 7.98. The van der Waals surface area contributed by atoms with Crippen LogP contribution in [0.25, 0.3) is 5.69 Å². The summed E-state index contributed by atoms with van der Waals surface area (Å²) in [6.45, 7) is 8.50. The highest BCUT2D eigenvalue weighted by atomic mass is 35.5. The Labute approximate surface area is 187 Å². The fourth-order valence-corrected chi connectivity index (χ4v) is 4.31. The highest BCUT2D eigenvalue weighted by Gasteiger charge is 2.18. The zero-order valence-corrected chi connectivity index (χ0v) is 19.3. The lowest BCUT2D eigenvalue weighted by Crippen LogP contribution is -2.25. The van der Waals surface area contributed by atoms with Gasteiger partial charge < -0.3 is 5.32 Å². The standard InChI is InChI=1S/C23H27ClN4OS/c1-15(2)11-22(29)25-13-21-26-27-23(30-14-18-8-6-5-7-16(18)3)28(21)20-12-19(24)10-9-17(20)4/h5-10,12,15H,11,13-14H2,1-4H3,(H,25,29). The first-order valence-corrected chi connectivity index (χ1v) is 11.4. The first-order chi connectivity index (χ1) is 14.3. The quantitative estimate of drug-likeness (QED) is 0.468. The second-order valence-electron chi connectivity index (χ2n) is 7.75. The van der Waals surface area contributed by atoms with Crippen LogP contribution in [0.1, 0.15) is 42.8 Å². The van der Waals surface area contributed by atoms with Gasteiger partial charge in [0.25, 0.3) is 0 Å². The highest BCUT2D eigenvalue weighted by Crippen LogP contribution is 2.29. The van der Waals surface area contributed by atoms with E-state index in [4.69, 9.17) is 11.6 Å². The molecule has 0 aliphatic heterocycles. The van der Waals surface area contributed by atoms with E-state index in [9.17, 15) is 4.79 Å². The number of carbonyl (C=O) groups excluding carboxylic acids is 1. The van der Waals surface area contributed by atoms with Gasteiger partial charge in [0.2, 0.25) is 5.91 Å². The summed E-state index contributed by atoms with van der Waals surface area (Å²) in [5, 5.41) is 13.2. The summed E-state index contributed by atoms with van der Waals surface area (Å²) in [6.07, 6.45) is 0.485. The minimum absolute atomic E-state index is 0.0106. The number of halogens is 1. The Morgan fingerprint density at radius 2 is 1.90 bits per heavy atom. The van der Waals surface area contributed by atoms with Gasteiger partial charge in [-0.15, -0.1) is 10.2 Å². The van der Waals surface area contributed by atoms with Crippen molar-refractivity contribution in [2.45, 2.75) is 51.6 Å². The summed E-state index contributed by atoms with van der Waals surface area (Å²) in [5.74, 6) is 1.78. The van der Waals surface area contributed by atoms with Gasteiger partial charge in [0.1, 0.15) is 0 Å². The maximum Gasteiger partial charge on any atom is 0.220 e. The van der Waals surface area contributed by atoms with Crippen molar-refractivity contribution in [1.29, 1.82) is 0 Å². The number of amides is 1. The number of thioether (sulfide) groups is 1. The molecular formula is C23H27ClN4OS. The van der Waals surface area contributed by atoms with Crippen molar-refractivity contribution >= 4 is 29.3 Å². The third-order valence-corrected chi connectivity index (χ3v) is 5.98. The summed E-state index contributed by atoms with van der Waals surface area (Å²) in [6, 6.07) is 14.1. The molecule has 1 heterocycles. The molecule has 158 valence electrons. The van der Waals surface area contributed by atoms with Crippen LogP contribution < -0.4 is 5.32 Å². The van der Waals surface area contributed by atoms with E-state index in [1.54, 1.807) is 11.8 Å². The maximum atomic E-state index is 12.2. The number of nitrogens with one attached hydrogen (secondary N) is 1. The molecule has 0 aliphatic rings. The van der Waals surface area contributed by atoms with Gasteiger partial charge >= 0.3 is 0 Å². The lowest BCUT2D eigenvalue weighted by Gasteiger charge is -2.14. The molecule has 0 fully saturated rings. The van der Waals surface area contributed by atoms with E-state index in [0.29, 0.717) is 29.7 Å². The average Bonchev–Trinajstić information content (AvgIpc) is 3.09. The summed E-state index contributed by atoms with van der Waals surface area (Å²) >= 11 is 7.91. The molecular weight excluding hydrogens is 416 g/mol. The van der Waals surface area contributed by atoms with Crippen LogP contribution in [0, 0.1) is 19.8 Å². The zero-order chi connectivity index (χ0) is 21.7. The third kappa shape index (κ3) is 5.64. The molecule has 3 aromatic rings. The molecule has 1 N–H and O–H groups in total. The second kappa shape index (κ2) is 10.1. The molecule has 0 atom stereocenters. The number of benzene rings is 2. The topological polar surface area (TPSA) is 59.8 Å². The second-order valence-corrected chi connectivity index (χ2v) is 9.13. The van der Waals surface area contributed by atoms with Gasteiger partial charge in [-0.2, -0.15) is 0 Å². The molecule has 0 spiro atoms. The summed E-state index contributed by atoms with van der Waals surface area (Å²) < 4.78 is 2.00. The van der Waals surface area contributed by atoms with Crippen LogP contribution in [0.3, 0.4) is 0 Å². The van der Waals surface area contributed by atoms with Crippen molar-refractivity contribution in [2.75, 3.05) is 0 Å². The number of nitrogens with zero attached hydrogens (tertiary/aromatic N) is 3. The van der Waals surface area contributed by atoms with Crippen LogP contribution >= 0.6 is 23.4 Å². The number of rotatable bonds is 8. The Bertz CT molecular complexity index is 1030. The molecule has 0 saturated heterocycles. The minimum Gasteiger partial charge on any atom is -0.349 e. The Balaban J connectivity index is 1.90. The number of carbonyl (C=O) groups is 1. The van der Waals surface area contributed by atoms with Crippen molar-refractivity contribution in [1.82, 2.24) is 20.1 Å². The maximum absolute atomic E-state index is 12.2. The van der Waals surface area contributed by atoms with Crippen LogP contribution in [0.15, 0.2) is 47.6 Å². The molecule has 30 heavy (non-hydrogen) atoms.